The Bertz CT molecular complexity index is 686. The number of nitrogens with zero attached hydrogens (tertiary/aromatic N) is 1. The van der Waals surface area contributed by atoms with Crippen LogP contribution in [0.4, 0.5) is 0 Å². The molecule has 29 heavy (non-hydrogen) atoms. The summed E-state index contributed by atoms with van der Waals surface area (Å²) in [4.78, 5) is 25.0. The summed E-state index contributed by atoms with van der Waals surface area (Å²) in [5.74, 6) is -0.415. The van der Waals surface area contributed by atoms with Crippen LogP contribution in [0.15, 0.2) is 24.3 Å². The zero-order valence-electron chi connectivity index (χ0n) is 17.9. The number of amides is 1. The van der Waals surface area contributed by atoms with Crippen molar-refractivity contribution in [3.05, 3.63) is 29.8 Å². The molecule has 2 fully saturated rings. The molecule has 2 aliphatic rings. The number of aliphatic carboxylic acids is 1. The lowest BCUT2D eigenvalue weighted by Crippen LogP contribution is -2.33. The van der Waals surface area contributed by atoms with Crippen molar-refractivity contribution in [2.24, 2.45) is 11.3 Å². The van der Waals surface area contributed by atoms with E-state index in [0.717, 1.165) is 17.9 Å². The molecular weight excluding hydrogens is 366 g/mol. The molecule has 5 nitrogen and oxygen atoms in total. The molecule has 1 aromatic carbocycles. The maximum Gasteiger partial charge on any atom is 0.304 e. The summed E-state index contributed by atoms with van der Waals surface area (Å²) in [6.45, 7) is 0.746. The summed E-state index contributed by atoms with van der Waals surface area (Å²) in [5, 5.41) is 9.17. The van der Waals surface area contributed by atoms with E-state index in [1.165, 1.54) is 62.7 Å². The molecule has 0 radical (unpaired) electrons. The van der Waals surface area contributed by atoms with Crippen molar-refractivity contribution in [3.63, 3.8) is 0 Å². The quantitative estimate of drug-likeness (QED) is 0.709. The molecule has 0 saturated heterocycles. The number of carboxylic acid groups (broad SMARTS) is 1. The largest absolute Gasteiger partial charge is 0.493 e. The molecule has 2 aliphatic carbocycles. The molecule has 1 amide bonds. The van der Waals surface area contributed by atoms with Gasteiger partial charge in [-0.2, -0.15) is 0 Å². The normalized spacial score (nSPS) is 22.1. The standard InChI is InChI=1S/C24H35NO4/c1-25(2)23(28)21(15-22(26)27)19-8-10-20(11-9-19)29-17-18-7-6-14-24(16-18)12-4-3-5-13-24/h8-11,18,21H,3-7,12-17H2,1-2H3,(H,26,27). The highest BCUT2D eigenvalue weighted by atomic mass is 16.5. The summed E-state index contributed by atoms with van der Waals surface area (Å²) >= 11 is 0. The zero-order valence-corrected chi connectivity index (χ0v) is 17.9. The molecule has 1 aromatic rings. The summed E-state index contributed by atoms with van der Waals surface area (Å²) in [6, 6.07) is 7.39. The van der Waals surface area contributed by atoms with E-state index in [0.29, 0.717) is 11.3 Å². The third kappa shape index (κ3) is 5.74. The highest BCUT2D eigenvalue weighted by molar-refractivity contribution is 5.87. The third-order valence-electron chi connectivity index (χ3n) is 6.84. The van der Waals surface area contributed by atoms with Crippen LogP contribution in [0.25, 0.3) is 0 Å². The number of hydrogen-bond donors (Lipinski definition) is 1. The Kier molecular flexibility index (Phi) is 7.20. The molecule has 1 spiro atoms. The first-order chi connectivity index (χ1) is 13.9. The van der Waals surface area contributed by atoms with Crippen molar-refractivity contribution >= 4 is 11.9 Å². The van der Waals surface area contributed by atoms with Crippen LogP contribution in [0.3, 0.4) is 0 Å². The van der Waals surface area contributed by atoms with E-state index in [1.807, 2.05) is 24.3 Å². The van der Waals surface area contributed by atoms with E-state index < -0.39 is 11.9 Å². The molecule has 0 heterocycles. The first kappa shape index (κ1) is 21.7. The first-order valence-corrected chi connectivity index (χ1v) is 11.0. The molecule has 2 saturated carbocycles. The van der Waals surface area contributed by atoms with E-state index in [4.69, 9.17) is 9.84 Å². The van der Waals surface area contributed by atoms with Gasteiger partial charge in [0.15, 0.2) is 0 Å². The van der Waals surface area contributed by atoms with Crippen LogP contribution in [0.2, 0.25) is 0 Å². The molecule has 2 unspecified atom stereocenters. The van der Waals surface area contributed by atoms with Gasteiger partial charge in [0, 0.05) is 14.1 Å². The maximum absolute atomic E-state index is 12.4. The molecule has 3 rings (SSSR count). The Labute approximate surface area is 174 Å². The first-order valence-electron chi connectivity index (χ1n) is 11.0. The van der Waals surface area contributed by atoms with Gasteiger partial charge in [0.1, 0.15) is 5.75 Å². The highest BCUT2D eigenvalue weighted by Gasteiger charge is 2.37. The molecule has 5 heteroatoms. The summed E-state index contributed by atoms with van der Waals surface area (Å²) in [6.07, 6.45) is 12.0. The second-order valence-corrected chi connectivity index (χ2v) is 9.29. The van der Waals surface area contributed by atoms with Gasteiger partial charge in [-0.3, -0.25) is 9.59 Å². The Morgan fingerprint density at radius 2 is 1.76 bits per heavy atom. The van der Waals surface area contributed by atoms with Crippen molar-refractivity contribution in [1.82, 2.24) is 4.90 Å². The van der Waals surface area contributed by atoms with Crippen LogP contribution < -0.4 is 4.74 Å². The van der Waals surface area contributed by atoms with Gasteiger partial charge in [-0.1, -0.05) is 37.8 Å². The van der Waals surface area contributed by atoms with E-state index in [9.17, 15) is 9.59 Å². The van der Waals surface area contributed by atoms with Crippen LogP contribution >= 0.6 is 0 Å². The van der Waals surface area contributed by atoms with Crippen molar-refractivity contribution in [2.75, 3.05) is 20.7 Å². The van der Waals surface area contributed by atoms with Gasteiger partial charge in [-0.05, 0) is 61.1 Å². The summed E-state index contributed by atoms with van der Waals surface area (Å²) in [7, 11) is 3.30. The number of carbonyl (C=O) groups is 2. The van der Waals surface area contributed by atoms with Crippen molar-refractivity contribution in [1.29, 1.82) is 0 Å². The van der Waals surface area contributed by atoms with Crippen molar-refractivity contribution in [2.45, 2.75) is 70.1 Å². The summed E-state index contributed by atoms with van der Waals surface area (Å²) < 4.78 is 6.09. The molecular formula is C24H35NO4. The van der Waals surface area contributed by atoms with Crippen LogP contribution in [0, 0.1) is 11.3 Å². The lowest BCUT2D eigenvalue weighted by Gasteiger charge is -2.43. The fourth-order valence-corrected chi connectivity index (χ4v) is 5.32. The number of benzene rings is 1. The number of hydrogen-bond acceptors (Lipinski definition) is 3. The van der Waals surface area contributed by atoms with Gasteiger partial charge in [-0.25, -0.2) is 0 Å². The number of likely N-dealkylation sites (N-methyl/N-ethyl adjacent to an activating group) is 1. The van der Waals surface area contributed by atoms with E-state index in [2.05, 4.69) is 0 Å². The molecule has 0 aromatic heterocycles. The van der Waals surface area contributed by atoms with Crippen molar-refractivity contribution < 1.29 is 19.4 Å². The minimum absolute atomic E-state index is 0.193. The van der Waals surface area contributed by atoms with Gasteiger partial charge in [0.25, 0.3) is 0 Å². The molecule has 160 valence electrons. The number of ether oxygens (including phenoxy) is 1. The minimum atomic E-state index is -0.973. The average Bonchev–Trinajstić information content (AvgIpc) is 2.71. The number of carbonyl (C=O) groups excluding carboxylic acids is 1. The number of rotatable bonds is 7. The zero-order chi connectivity index (χ0) is 20.9. The Hall–Kier alpha value is -2.04. The van der Waals surface area contributed by atoms with Gasteiger partial charge in [0.05, 0.1) is 18.9 Å². The second kappa shape index (κ2) is 9.64. The second-order valence-electron chi connectivity index (χ2n) is 9.29. The monoisotopic (exact) mass is 401 g/mol. The predicted molar refractivity (Wildman–Crippen MR) is 113 cm³/mol. The van der Waals surface area contributed by atoms with Crippen LogP contribution in [-0.2, 0) is 9.59 Å². The SMILES string of the molecule is CN(C)C(=O)C(CC(=O)O)c1ccc(OCC2CCCC3(CCCCC3)C2)cc1. The fourth-order valence-electron chi connectivity index (χ4n) is 5.32. The third-order valence-corrected chi connectivity index (χ3v) is 6.84. The van der Waals surface area contributed by atoms with Gasteiger partial charge < -0.3 is 14.7 Å². The topological polar surface area (TPSA) is 66.8 Å². The fraction of sp³-hybridized carbons (Fsp3) is 0.667. The van der Waals surface area contributed by atoms with Crippen LogP contribution in [0.5, 0.6) is 5.75 Å². The van der Waals surface area contributed by atoms with Crippen LogP contribution in [-0.4, -0.2) is 42.6 Å². The minimum Gasteiger partial charge on any atom is -0.493 e. The Morgan fingerprint density at radius 3 is 2.38 bits per heavy atom. The van der Waals surface area contributed by atoms with E-state index in [-0.39, 0.29) is 12.3 Å². The number of carboxylic acids is 1. The average molecular weight is 402 g/mol. The maximum atomic E-state index is 12.4. The van der Waals surface area contributed by atoms with E-state index >= 15 is 0 Å². The van der Waals surface area contributed by atoms with Gasteiger partial charge >= 0.3 is 5.97 Å². The van der Waals surface area contributed by atoms with Gasteiger partial charge in [-0.15, -0.1) is 0 Å². The molecule has 1 N–H and O–H groups in total. The lowest BCUT2D eigenvalue weighted by atomic mass is 9.63. The molecule has 0 aliphatic heterocycles. The Morgan fingerprint density at radius 1 is 1.10 bits per heavy atom. The van der Waals surface area contributed by atoms with Crippen LogP contribution in [0.1, 0.15) is 75.7 Å². The summed E-state index contributed by atoms with van der Waals surface area (Å²) in [5.41, 5.74) is 1.29. The molecule has 0 bridgehead atoms. The smallest absolute Gasteiger partial charge is 0.304 e. The van der Waals surface area contributed by atoms with Gasteiger partial charge in [0.2, 0.25) is 5.91 Å². The molecule has 2 atom stereocenters. The van der Waals surface area contributed by atoms with Crippen molar-refractivity contribution in [3.8, 4) is 5.75 Å². The highest BCUT2D eigenvalue weighted by Crippen LogP contribution is 2.49. The lowest BCUT2D eigenvalue weighted by molar-refractivity contribution is -0.141. The van der Waals surface area contributed by atoms with E-state index in [1.54, 1.807) is 14.1 Å². The Balaban J connectivity index is 1.58. The predicted octanol–water partition coefficient (Wildman–Crippen LogP) is 4.85.